The molecule has 2 N–H and O–H groups in total. The summed E-state index contributed by atoms with van der Waals surface area (Å²) in [5.74, 6) is 0.402. The Hall–Kier alpha value is -0.900. The molecule has 0 spiro atoms. The molecule has 0 aromatic heterocycles. The number of rotatable bonds is 9. The average molecular weight is 237 g/mol. The minimum atomic E-state index is 0.402. The van der Waals surface area contributed by atoms with Crippen LogP contribution >= 0.6 is 0 Å². The second-order valence-electron chi connectivity index (χ2n) is 4.09. The Bertz CT molecular complexity index is 277. The van der Waals surface area contributed by atoms with Gasteiger partial charge in [0.15, 0.2) is 0 Å². The molecule has 1 aromatic rings. The van der Waals surface area contributed by atoms with Crippen molar-refractivity contribution in [2.75, 3.05) is 33.5 Å². The van der Waals surface area contributed by atoms with Gasteiger partial charge < -0.3 is 15.2 Å². The Morgan fingerprint density at radius 2 is 1.88 bits per heavy atom. The van der Waals surface area contributed by atoms with E-state index in [4.69, 9.17) is 15.2 Å². The third-order valence-corrected chi connectivity index (χ3v) is 2.80. The highest BCUT2D eigenvalue weighted by Gasteiger charge is 2.08. The van der Waals surface area contributed by atoms with Crippen LogP contribution < -0.4 is 5.73 Å². The van der Waals surface area contributed by atoms with Crippen molar-refractivity contribution in [3.05, 3.63) is 35.9 Å². The molecule has 1 unspecified atom stereocenters. The summed E-state index contributed by atoms with van der Waals surface area (Å²) in [6.45, 7) is 2.96. The van der Waals surface area contributed by atoms with E-state index in [9.17, 15) is 0 Å². The first-order valence-electron chi connectivity index (χ1n) is 6.20. The third-order valence-electron chi connectivity index (χ3n) is 2.80. The van der Waals surface area contributed by atoms with E-state index >= 15 is 0 Å². The van der Waals surface area contributed by atoms with Gasteiger partial charge in [0, 0.05) is 26.9 Å². The Morgan fingerprint density at radius 1 is 1.12 bits per heavy atom. The summed E-state index contributed by atoms with van der Waals surface area (Å²) in [5.41, 5.74) is 7.09. The molecule has 1 aromatic carbocycles. The van der Waals surface area contributed by atoms with Crippen molar-refractivity contribution in [2.45, 2.75) is 18.8 Å². The zero-order valence-electron chi connectivity index (χ0n) is 10.6. The highest BCUT2D eigenvalue weighted by atomic mass is 16.5. The van der Waals surface area contributed by atoms with Crippen LogP contribution in [0, 0.1) is 0 Å². The standard InChI is InChI=1S/C14H23NO2/c1-16-9-5-10-17-11-8-14(12-15)13-6-3-2-4-7-13/h2-4,6-7,14H,5,8-12,15H2,1H3. The Labute approximate surface area is 104 Å². The summed E-state index contributed by atoms with van der Waals surface area (Å²) in [4.78, 5) is 0. The van der Waals surface area contributed by atoms with Gasteiger partial charge in [-0.1, -0.05) is 30.3 Å². The molecular weight excluding hydrogens is 214 g/mol. The predicted octanol–water partition coefficient (Wildman–Crippen LogP) is 2.17. The van der Waals surface area contributed by atoms with E-state index < -0.39 is 0 Å². The van der Waals surface area contributed by atoms with Crippen LogP contribution in [0.4, 0.5) is 0 Å². The first-order chi connectivity index (χ1) is 8.38. The second kappa shape index (κ2) is 9.16. The van der Waals surface area contributed by atoms with Gasteiger partial charge in [0.05, 0.1) is 0 Å². The van der Waals surface area contributed by atoms with Crippen molar-refractivity contribution in [2.24, 2.45) is 5.73 Å². The molecule has 17 heavy (non-hydrogen) atoms. The largest absolute Gasteiger partial charge is 0.385 e. The Kier molecular flexibility index (Phi) is 7.63. The van der Waals surface area contributed by atoms with Crippen LogP contribution in [-0.2, 0) is 9.47 Å². The molecule has 0 amide bonds. The summed E-state index contributed by atoms with van der Waals surface area (Å²) in [6.07, 6.45) is 1.93. The van der Waals surface area contributed by atoms with E-state index in [1.807, 2.05) is 6.07 Å². The minimum Gasteiger partial charge on any atom is -0.385 e. The molecule has 96 valence electrons. The molecule has 0 saturated carbocycles. The lowest BCUT2D eigenvalue weighted by atomic mass is 9.96. The molecule has 3 nitrogen and oxygen atoms in total. The molecular formula is C14H23NO2. The molecule has 0 radical (unpaired) electrons. The van der Waals surface area contributed by atoms with Crippen LogP contribution in [0.3, 0.4) is 0 Å². The fraction of sp³-hybridized carbons (Fsp3) is 0.571. The summed E-state index contributed by atoms with van der Waals surface area (Å²) in [5, 5.41) is 0. The van der Waals surface area contributed by atoms with Crippen LogP contribution in [0.2, 0.25) is 0 Å². The maximum absolute atomic E-state index is 5.79. The van der Waals surface area contributed by atoms with Crippen molar-refractivity contribution >= 4 is 0 Å². The van der Waals surface area contributed by atoms with E-state index in [0.29, 0.717) is 12.5 Å². The highest BCUT2D eigenvalue weighted by molar-refractivity contribution is 5.19. The molecule has 1 rings (SSSR count). The van der Waals surface area contributed by atoms with Gasteiger partial charge in [-0.25, -0.2) is 0 Å². The minimum absolute atomic E-state index is 0.402. The molecule has 1 atom stereocenters. The number of benzene rings is 1. The quantitative estimate of drug-likeness (QED) is 0.669. The van der Waals surface area contributed by atoms with Crippen LogP contribution in [0.1, 0.15) is 24.3 Å². The molecule has 0 fully saturated rings. The third kappa shape index (κ3) is 5.82. The number of hydrogen-bond donors (Lipinski definition) is 1. The van der Waals surface area contributed by atoms with Crippen LogP contribution in [0.15, 0.2) is 30.3 Å². The molecule has 0 saturated heterocycles. The molecule has 0 aliphatic heterocycles. The SMILES string of the molecule is COCCCOCCC(CN)c1ccccc1. The molecule has 0 aliphatic carbocycles. The van der Waals surface area contributed by atoms with E-state index in [1.165, 1.54) is 5.56 Å². The average Bonchev–Trinajstić information content (AvgIpc) is 2.39. The van der Waals surface area contributed by atoms with Crippen LogP contribution in [-0.4, -0.2) is 33.5 Å². The van der Waals surface area contributed by atoms with Gasteiger partial charge in [0.2, 0.25) is 0 Å². The van der Waals surface area contributed by atoms with E-state index in [2.05, 4.69) is 24.3 Å². The summed E-state index contributed by atoms with van der Waals surface area (Å²) < 4.78 is 10.5. The summed E-state index contributed by atoms with van der Waals surface area (Å²) in [7, 11) is 1.71. The van der Waals surface area contributed by atoms with Crippen LogP contribution in [0.5, 0.6) is 0 Å². The number of methoxy groups -OCH3 is 1. The van der Waals surface area contributed by atoms with E-state index in [0.717, 1.165) is 32.7 Å². The fourth-order valence-electron chi connectivity index (χ4n) is 1.78. The molecule has 3 heteroatoms. The normalized spacial score (nSPS) is 12.6. The molecule has 0 heterocycles. The van der Waals surface area contributed by atoms with Crippen molar-refractivity contribution in [3.63, 3.8) is 0 Å². The van der Waals surface area contributed by atoms with E-state index in [-0.39, 0.29) is 0 Å². The lowest BCUT2D eigenvalue weighted by Crippen LogP contribution is -2.15. The lowest BCUT2D eigenvalue weighted by Gasteiger charge is -2.15. The van der Waals surface area contributed by atoms with Gasteiger partial charge in [-0.2, -0.15) is 0 Å². The molecule has 0 aliphatic rings. The number of hydrogen-bond acceptors (Lipinski definition) is 3. The highest BCUT2D eigenvalue weighted by Crippen LogP contribution is 2.17. The maximum atomic E-state index is 5.79. The Morgan fingerprint density at radius 3 is 2.53 bits per heavy atom. The van der Waals surface area contributed by atoms with Crippen molar-refractivity contribution < 1.29 is 9.47 Å². The van der Waals surface area contributed by atoms with Crippen molar-refractivity contribution in [1.29, 1.82) is 0 Å². The van der Waals surface area contributed by atoms with Crippen molar-refractivity contribution in [3.8, 4) is 0 Å². The van der Waals surface area contributed by atoms with Gasteiger partial charge in [-0.3, -0.25) is 0 Å². The van der Waals surface area contributed by atoms with Gasteiger partial charge in [0.1, 0.15) is 0 Å². The first-order valence-corrected chi connectivity index (χ1v) is 6.20. The predicted molar refractivity (Wildman–Crippen MR) is 70.2 cm³/mol. The monoisotopic (exact) mass is 237 g/mol. The number of nitrogens with two attached hydrogens (primary N) is 1. The maximum Gasteiger partial charge on any atom is 0.0487 e. The zero-order chi connectivity index (χ0) is 12.3. The van der Waals surface area contributed by atoms with Gasteiger partial charge in [-0.05, 0) is 30.9 Å². The fourth-order valence-corrected chi connectivity index (χ4v) is 1.78. The van der Waals surface area contributed by atoms with E-state index in [1.54, 1.807) is 7.11 Å². The first kappa shape index (κ1) is 14.2. The Balaban J connectivity index is 2.20. The van der Waals surface area contributed by atoms with Crippen LogP contribution in [0.25, 0.3) is 0 Å². The lowest BCUT2D eigenvalue weighted by molar-refractivity contribution is 0.0984. The van der Waals surface area contributed by atoms with Gasteiger partial charge >= 0.3 is 0 Å². The topological polar surface area (TPSA) is 44.5 Å². The summed E-state index contributed by atoms with van der Waals surface area (Å²) >= 11 is 0. The molecule has 0 bridgehead atoms. The van der Waals surface area contributed by atoms with Gasteiger partial charge in [-0.15, -0.1) is 0 Å². The van der Waals surface area contributed by atoms with Crippen molar-refractivity contribution in [1.82, 2.24) is 0 Å². The number of ether oxygens (including phenoxy) is 2. The smallest absolute Gasteiger partial charge is 0.0487 e. The van der Waals surface area contributed by atoms with Gasteiger partial charge in [0.25, 0.3) is 0 Å². The zero-order valence-corrected chi connectivity index (χ0v) is 10.6. The summed E-state index contributed by atoms with van der Waals surface area (Å²) in [6, 6.07) is 10.4. The second-order valence-corrected chi connectivity index (χ2v) is 4.09.